The van der Waals surface area contributed by atoms with E-state index >= 15 is 0 Å². The third-order valence-electron chi connectivity index (χ3n) is 4.99. The molecule has 2 N–H and O–H groups in total. The molecule has 2 aromatic carbocycles. The number of rotatable bonds is 4. The van der Waals surface area contributed by atoms with Crippen LogP contribution in [-0.2, 0) is 13.1 Å². The van der Waals surface area contributed by atoms with Gasteiger partial charge in [0.1, 0.15) is 0 Å². The quantitative estimate of drug-likeness (QED) is 0.930. The number of hydrogen-bond donors (Lipinski definition) is 1. The highest BCUT2D eigenvalue weighted by molar-refractivity contribution is 5.42. The van der Waals surface area contributed by atoms with Crippen LogP contribution >= 0.6 is 0 Å². The lowest BCUT2D eigenvalue weighted by Gasteiger charge is -2.20. The standard InChI is InChI=1S/C20H26N2/c1-15-8-9-18(12-21)16(2)20(15)19-10-11-22(14-19)13-17-6-4-3-5-7-17/h3-9,19H,10-14,21H2,1-2H3. The molecule has 0 spiro atoms. The molecule has 116 valence electrons. The molecule has 0 radical (unpaired) electrons. The summed E-state index contributed by atoms with van der Waals surface area (Å²) in [6.07, 6.45) is 1.25. The Kier molecular flexibility index (Phi) is 4.60. The predicted molar refractivity (Wildman–Crippen MR) is 92.9 cm³/mol. The molecule has 1 heterocycles. The highest BCUT2D eigenvalue weighted by Gasteiger charge is 2.26. The molecule has 1 atom stereocenters. The lowest BCUT2D eigenvalue weighted by molar-refractivity contribution is 0.326. The fraction of sp³-hybridized carbons (Fsp3) is 0.400. The Morgan fingerprint density at radius 3 is 2.59 bits per heavy atom. The molecule has 0 saturated carbocycles. The Balaban J connectivity index is 1.75. The summed E-state index contributed by atoms with van der Waals surface area (Å²) in [5.74, 6) is 0.648. The first-order valence-corrected chi connectivity index (χ1v) is 8.24. The van der Waals surface area contributed by atoms with Gasteiger partial charge < -0.3 is 5.73 Å². The topological polar surface area (TPSA) is 29.3 Å². The summed E-state index contributed by atoms with van der Waals surface area (Å²) in [6, 6.07) is 15.2. The van der Waals surface area contributed by atoms with Crippen LogP contribution < -0.4 is 5.73 Å². The average molecular weight is 294 g/mol. The van der Waals surface area contributed by atoms with E-state index in [1.165, 1.54) is 35.2 Å². The van der Waals surface area contributed by atoms with Gasteiger partial charge in [-0.2, -0.15) is 0 Å². The minimum atomic E-state index is 0.638. The first kappa shape index (κ1) is 15.3. The maximum atomic E-state index is 5.89. The Morgan fingerprint density at radius 1 is 1.09 bits per heavy atom. The van der Waals surface area contributed by atoms with Crippen molar-refractivity contribution < 1.29 is 0 Å². The molecule has 1 unspecified atom stereocenters. The van der Waals surface area contributed by atoms with Crippen molar-refractivity contribution in [3.8, 4) is 0 Å². The second-order valence-electron chi connectivity index (χ2n) is 6.49. The van der Waals surface area contributed by atoms with Gasteiger partial charge in [-0.25, -0.2) is 0 Å². The van der Waals surface area contributed by atoms with Gasteiger partial charge in [-0.3, -0.25) is 4.90 Å². The van der Waals surface area contributed by atoms with E-state index in [2.05, 4.69) is 61.2 Å². The Morgan fingerprint density at radius 2 is 1.86 bits per heavy atom. The minimum Gasteiger partial charge on any atom is -0.326 e. The van der Waals surface area contributed by atoms with E-state index in [1.807, 2.05) is 0 Å². The van der Waals surface area contributed by atoms with Gasteiger partial charge in [0.2, 0.25) is 0 Å². The van der Waals surface area contributed by atoms with E-state index < -0.39 is 0 Å². The van der Waals surface area contributed by atoms with Crippen molar-refractivity contribution in [2.75, 3.05) is 13.1 Å². The predicted octanol–water partition coefficient (Wildman–Crippen LogP) is 3.75. The van der Waals surface area contributed by atoms with Crippen LogP contribution in [0.3, 0.4) is 0 Å². The average Bonchev–Trinajstić information content (AvgIpc) is 2.97. The first-order chi connectivity index (χ1) is 10.7. The van der Waals surface area contributed by atoms with Crippen LogP contribution in [0, 0.1) is 13.8 Å². The van der Waals surface area contributed by atoms with E-state index in [9.17, 15) is 0 Å². The number of nitrogens with two attached hydrogens (primary N) is 1. The van der Waals surface area contributed by atoms with E-state index in [1.54, 1.807) is 5.56 Å². The molecule has 1 saturated heterocycles. The summed E-state index contributed by atoms with van der Waals surface area (Å²) in [6.45, 7) is 8.52. The monoisotopic (exact) mass is 294 g/mol. The van der Waals surface area contributed by atoms with Gasteiger partial charge in [-0.1, -0.05) is 42.5 Å². The summed E-state index contributed by atoms with van der Waals surface area (Å²) in [5, 5.41) is 0. The number of nitrogens with zero attached hydrogens (tertiary/aromatic N) is 1. The Bertz CT molecular complexity index is 634. The zero-order chi connectivity index (χ0) is 15.5. The van der Waals surface area contributed by atoms with Gasteiger partial charge in [0, 0.05) is 19.6 Å². The van der Waals surface area contributed by atoms with Gasteiger partial charge >= 0.3 is 0 Å². The van der Waals surface area contributed by atoms with Crippen LogP contribution in [0.2, 0.25) is 0 Å². The normalized spacial score (nSPS) is 18.8. The maximum absolute atomic E-state index is 5.89. The van der Waals surface area contributed by atoms with E-state index in [4.69, 9.17) is 5.73 Å². The number of aryl methyl sites for hydroxylation is 1. The largest absolute Gasteiger partial charge is 0.326 e. The van der Waals surface area contributed by atoms with Crippen LogP contribution in [0.4, 0.5) is 0 Å². The van der Waals surface area contributed by atoms with E-state index in [0.29, 0.717) is 12.5 Å². The zero-order valence-electron chi connectivity index (χ0n) is 13.7. The zero-order valence-corrected chi connectivity index (χ0v) is 13.7. The first-order valence-electron chi connectivity index (χ1n) is 8.24. The highest BCUT2D eigenvalue weighted by atomic mass is 15.1. The van der Waals surface area contributed by atoms with Crippen molar-refractivity contribution in [1.29, 1.82) is 0 Å². The molecular weight excluding hydrogens is 268 g/mol. The molecule has 2 heteroatoms. The molecule has 22 heavy (non-hydrogen) atoms. The highest BCUT2D eigenvalue weighted by Crippen LogP contribution is 2.33. The van der Waals surface area contributed by atoms with Crippen molar-refractivity contribution >= 4 is 0 Å². The minimum absolute atomic E-state index is 0.638. The van der Waals surface area contributed by atoms with Crippen molar-refractivity contribution in [3.05, 3.63) is 70.3 Å². The molecule has 2 nitrogen and oxygen atoms in total. The molecule has 0 aromatic heterocycles. The summed E-state index contributed by atoms with van der Waals surface area (Å²) < 4.78 is 0. The summed E-state index contributed by atoms with van der Waals surface area (Å²) in [4.78, 5) is 2.58. The molecule has 0 amide bonds. The second-order valence-corrected chi connectivity index (χ2v) is 6.49. The second kappa shape index (κ2) is 6.64. The summed E-state index contributed by atoms with van der Waals surface area (Å²) >= 11 is 0. The van der Waals surface area contributed by atoms with Crippen molar-refractivity contribution in [2.24, 2.45) is 5.73 Å². The number of benzene rings is 2. The molecule has 0 bridgehead atoms. The number of likely N-dealkylation sites (tertiary alicyclic amines) is 1. The van der Waals surface area contributed by atoms with Gasteiger partial charge in [0.05, 0.1) is 0 Å². The molecule has 3 rings (SSSR count). The van der Waals surface area contributed by atoms with Crippen LogP contribution in [-0.4, -0.2) is 18.0 Å². The fourth-order valence-electron chi connectivity index (χ4n) is 3.81. The third kappa shape index (κ3) is 3.08. The van der Waals surface area contributed by atoms with Gasteiger partial charge in [0.15, 0.2) is 0 Å². The summed E-state index contributed by atoms with van der Waals surface area (Å²) in [7, 11) is 0. The van der Waals surface area contributed by atoms with Gasteiger partial charge in [-0.15, -0.1) is 0 Å². The number of hydrogen-bond acceptors (Lipinski definition) is 2. The van der Waals surface area contributed by atoms with Crippen molar-refractivity contribution in [2.45, 2.75) is 39.3 Å². The molecule has 1 aliphatic heterocycles. The van der Waals surface area contributed by atoms with Crippen LogP contribution in [0.25, 0.3) is 0 Å². The van der Waals surface area contributed by atoms with Crippen molar-refractivity contribution in [1.82, 2.24) is 4.90 Å². The smallest absolute Gasteiger partial charge is 0.0233 e. The van der Waals surface area contributed by atoms with Gasteiger partial charge in [-0.05, 0) is 60.5 Å². The van der Waals surface area contributed by atoms with Gasteiger partial charge in [0.25, 0.3) is 0 Å². The molecule has 1 fully saturated rings. The fourth-order valence-corrected chi connectivity index (χ4v) is 3.81. The molecule has 2 aromatic rings. The van der Waals surface area contributed by atoms with Crippen LogP contribution in [0.15, 0.2) is 42.5 Å². The SMILES string of the molecule is Cc1ccc(CN)c(C)c1C1CCN(Cc2ccccc2)C1. The third-order valence-corrected chi connectivity index (χ3v) is 4.99. The molecular formula is C20H26N2. The van der Waals surface area contributed by atoms with E-state index in [0.717, 1.165) is 13.1 Å². The van der Waals surface area contributed by atoms with Crippen LogP contribution in [0.5, 0.6) is 0 Å². The van der Waals surface area contributed by atoms with E-state index in [-0.39, 0.29) is 0 Å². The maximum Gasteiger partial charge on any atom is 0.0233 e. The van der Waals surface area contributed by atoms with Crippen LogP contribution in [0.1, 0.15) is 40.2 Å². The lowest BCUT2D eigenvalue weighted by atomic mass is 9.87. The van der Waals surface area contributed by atoms with Crippen molar-refractivity contribution in [3.63, 3.8) is 0 Å². The lowest BCUT2D eigenvalue weighted by Crippen LogP contribution is -2.20. The Hall–Kier alpha value is -1.64. The molecule has 1 aliphatic rings. The molecule has 0 aliphatic carbocycles. The Labute approximate surface area is 134 Å². The summed E-state index contributed by atoms with van der Waals surface area (Å²) in [5.41, 5.74) is 13.0.